The fourth-order valence-corrected chi connectivity index (χ4v) is 3.49. The molecule has 156 valence electrons. The molecule has 2 aromatic carbocycles. The van der Waals surface area contributed by atoms with Crippen molar-refractivity contribution in [3.63, 3.8) is 0 Å². The number of halogens is 1. The Labute approximate surface area is 177 Å². The van der Waals surface area contributed by atoms with Crippen molar-refractivity contribution < 1.29 is 9.18 Å². The average molecular weight is 407 g/mol. The predicted octanol–water partition coefficient (Wildman–Crippen LogP) is 3.40. The van der Waals surface area contributed by atoms with Gasteiger partial charge in [-0.15, -0.1) is 0 Å². The number of anilines is 1. The van der Waals surface area contributed by atoms with Crippen LogP contribution in [0.15, 0.2) is 60.7 Å². The van der Waals surface area contributed by atoms with Crippen LogP contribution in [-0.2, 0) is 4.79 Å². The van der Waals surface area contributed by atoms with Crippen molar-refractivity contribution in [3.8, 4) is 6.07 Å². The predicted molar refractivity (Wildman–Crippen MR) is 117 cm³/mol. The van der Waals surface area contributed by atoms with E-state index in [2.05, 4.69) is 40.2 Å². The van der Waals surface area contributed by atoms with Crippen molar-refractivity contribution in [2.45, 2.75) is 6.42 Å². The number of benzene rings is 2. The number of piperazine rings is 1. The molecule has 2 aromatic rings. The van der Waals surface area contributed by atoms with Crippen molar-refractivity contribution in [2.75, 3.05) is 50.7 Å². The van der Waals surface area contributed by atoms with Crippen LogP contribution in [0.2, 0.25) is 0 Å². The Kier molecular flexibility index (Phi) is 8.13. The standard InChI is InChI=1S/C24H27FN4O/c25-22-9-11-23(12-10-22)29(15-5-13-26)24(30)20-28-18-16-27(17-19-28)14-4-8-21-6-2-1-3-7-21/h1-4,6-12H,5,14-20H2/b8-4+. The highest BCUT2D eigenvalue weighted by molar-refractivity contribution is 5.94. The van der Waals surface area contributed by atoms with Crippen LogP contribution >= 0.6 is 0 Å². The van der Waals surface area contributed by atoms with E-state index in [-0.39, 0.29) is 18.1 Å². The quantitative estimate of drug-likeness (QED) is 0.674. The molecule has 1 aliphatic heterocycles. The Bertz CT molecular complexity index is 868. The maximum atomic E-state index is 13.2. The highest BCUT2D eigenvalue weighted by Gasteiger charge is 2.22. The van der Waals surface area contributed by atoms with Crippen LogP contribution in [0.4, 0.5) is 10.1 Å². The van der Waals surface area contributed by atoms with Gasteiger partial charge in [-0.2, -0.15) is 5.26 Å². The third-order valence-corrected chi connectivity index (χ3v) is 5.18. The van der Waals surface area contributed by atoms with E-state index in [1.54, 1.807) is 17.0 Å². The van der Waals surface area contributed by atoms with Crippen molar-refractivity contribution in [3.05, 3.63) is 72.1 Å². The third-order valence-electron chi connectivity index (χ3n) is 5.18. The number of nitrogens with zero attached hydrogens (tertiary/aromatic N) is 4. The number of rotatable bonds is 8. The Morgan fingerprint density at radius 1 is 1.03 bits per heavy atom. The van der Waals surface area contributed by atoms with Crippen LogP contribution in [0.25, 0.3) is 6.08 Å². The molecule has 0 bridgehead atoms. The van der Waals surface area contributed by atoms with Crippen LogP contribution in [0, 0.1) is 17.1 Å². The molecular weight excluding hydrogens is 379 g/mol. The number of carbonyl (C=O) groups excluding carboxylic acids is 1. The molecule has 5 nitrogen and oxygen atoms in total. The summed E-state index contributed by atoms with van der Waals surface area (Å²) in [7, 11) is 0. The third kappa shape index (κ3) is 6.51. The largest absolute Gasteiger partial charge is 0.310 e. The van der Waals surface area contributed by atoms with Crippen LogP contribution < -0.4 is 4.90 Å². The summed E-state index contributed by atoms with van der Waals surface area (Å²) in [5.41, 5.74) is 1.82. The maximum Gasteiger partial charge on any atom is 0.241 e. The minimum atomic E-state index is -0.344. The van der Waals surface area contributed by atoms with Crippen molar-refractivity contribution >= 4 is 17.7 Å². The first kappa shape index (κ1) is 21.7. The van der Waals surface area contributed by atoms with Crippen LogP contribution in [-0.4, -0.2) is 61.5 Å². The Morgan fingerprint density at radius 2 is 1.70 bits per heavy atom. The van der Waals surface area contributed by atoms with Crippen molar-refractivity contribution in [1.82, 2.24) is 9.80 Å². The van der Waals surface area contributed by atoms with Gasteiger partial charge in [0.25, 0.3) is 0 Å². The molecule has 0 unspecified atom stereocenters. The molecule has 1 saturated heterocycles. The second-order valence-corrected chi connectivity index (χ2v) is 7.32. The lowest BCUT2D eigenvalue weighted by Crippen LogP contribution is -2.50. The second kappa shape index (κ2) is 11.2. The molecule has 6 heteroatoms. The monoisotopic (exact) mass is 406 g/mol. The molecule has 1 aliphatic rings. The van der Waals surface area contributed by atoms with Gasteiger partial charge in [-0.05, 0) is 29.8 Å². The molecule has 30 heavy (non-hydrogen) atoms. The highest BCUT2D eigenvalue weighted by Crippen LogP contribution is 2.16. The lowest BCUT2D eigenvalue weighted by Gasteiger charge is -2.34. The summed E-state index contributed by atoms with van der Waals surface area (Å²) >= 11 is 0. The van der Waals surface area contributed by atoms with E-state index < -0.39 is 0 Å². The molecular formula is C24H27FN4O. The molecule has 0 atom stereocenters. The van der Waals surface area contributed by atoms with Gasteiger partial charge < -0.3 is 4.90 Å². The van der Waals surface area contributed by atoms with Crippen LogP contribution in [0.3, 0.4) is 0 Å². The van der Waals surface area contributed by atoms with Gasteiger partial charge in [0.15, 0.2) is 0 Å². The van der Waals surface area contributed by atoms with E-state index in [1.165, 1.54) is 17.7 Å². The number of hydrogen-bond donors (Lipinski definition) is 0. The molecule has 0 aliphatic carbocycles. The van der Waals surface area contributed by atoms with Gasteiger partial charge in [0.1, 0.15) is 5.82 Å². The summed E-state index contributed by atoms with van der Waals surface area (Å²) in [5.74, 6) is -0.404. The molecule has 0 saturated carbocycles. The summed E-state index contributed by atoms with van der Waals surface area (Å²) in [6.45, 7) is 4.95. The summed E-state index contributed by atoms with van der Waals surface area (Å²) in [6.07, 6.45) is 4.55. The number of amides is 1. The lowest BCUT2D eigenvalue weighted by molar-refractivity contribution is -0.120. The first-order chi connectivity index (χ1) is 14.7. The molecule has 0 spiro atoms. The molecule has 1 amide bonds. The van der Waals surface area contributed by atoms with E-state index >= 15 is 0 Å². The van der Waals surface area contributed by atoms with E-state index in [0.717, 1.165) is 32.7 Å². The maximum absolute atomic E-state index is 13.2. The first-order valence-corrected chi connectivity index (χ1v) is 10.2. The van der Waals surface area contributed by atoms with Crippen molar-refractivity contribution in [2.24, 2.45) is 0 Å². The molecule has 3 rings (SSSR count). The zero-order valence-electron chi connectivity index (χ0n) is 17.1. The zero-order chi connectivity index (χ0) is 21.2. The number of nitriles is 1. The van der Waals surface area contributed by atoms with Gasteiger partial charge >= 0.3 is 0 Å². The lowest BCUT2D eigenvalue weighted by atomic mass is 10.2. The zero-order valence-corrected chi connectivity index (χ0v) is 17.1. The fraction of sp³-hybridized carbons (Fsp3) is 0.333. The molecule has 0 N–H and O–H groups in total. The Morgan fingerprint density at radius 3 is 2.37 bits per heavy atom. The van der Waals surface area contributed by atoms with E-state index in [9.17, 15) is 9.18 Å². The first-order valence-electron chi connectivity index (χ1n) is 10.2. The average Bonchev–Trinajstić information content (AvgIpc) is 2.77. The molecule has 1 fully saturated rings. The van der Waals surface area contributed by atoms with E-state index in [4.69, 9.17) is 5.26 Å². The van der Waals surface area contributed by atoms with Crippen LogP contribution in [0.1, 0.15) is 12.0 Å². The molecule has 0 radical (unpaired) electrons. The smallest absolute Gasteiger partial charge is 0.241 e. The Balaban J connectivity index is 1.48. The molecule has 0 aromatic heterocycles. The number of hydrogen-bond acceptors (Lipinski definition) is 4. The van der Waals surface area contributed by atoms with Crippen molar-refractivity contribution in [1.29, 1.82) is 5.26 Å². The van der Waals surface area contributed by atoms with Gasteiger partial charge in [-0.25, -0.2) is 4.39 Å². The van der Waals surface area contributed by atoms with Gasteiger partial charge in [-0.1, -0.05) is 42.5 Å². The normalized spacial score (nSPS) is 15.2. The van der Waals surface area contributed by atoms with Gasteiger partial charge in [0, 0.05) is 45.0 Å². The summed E-state index contributed by atoms with van der Waals surface area (Å²) in [6, 6.07) is 18.2. The topological polar surface area (TPSA) is 50.6 Å². The fourth-order valence-electron chi connectivity index (χ4n) is 3.49. The second-order valence-electron chi connectivity index (χ2n) is 7.32. The van der Waals surface area contributed by atoms with E-state index in [0.29, 0.717) is 18.8 Å². The Hall–Kier alpha value is -3.01. The summed E-state index contributed by atoms with van der Waals surface area (Å²) in [5, 5.41) is 8.91. The van der Waals surface area contributed by atoms with Gasteiger partial charge in [0.2, 0.25) is 5.91 Å². The van der Waals surface area contributed by atoms with Crippen LogP contribution in [0.5, 0.6) is 0 Å². The minimum absolute atomic E-state index is 0.0609. The summed E-state index contributed by atoms with van der Waals surface area (Å²) in [4.78, 5) is 19.0. The highest BCUT2D eigenvalue weighted by atomic mass is 19.1. The van der Waals surface area contributed by atoms with Gasteiger partial charge in [-0.3, -0.25) is 14.6 Å². The number of carbonyl (C=O) groups is 1. The van der Waals surface area contributed by atoms with Gasteiger partial charge in [0.05, 0.1) is 19.0 Å². The SMILES string of the molecule is N#CCCN(C(=O)CN1CCN(C/C=C/c2ccccc2)CC1)c1ccc(F)cc1. The summed E-state index contributed by atoms with van der Waals surface area (Å²) < 4.78 is 13.2. The van der Waals surface area contributed by atoms with E-state index in [1.807, 2.05) is 18.2 Å². The minimum Gasteiger partial charge on any atom is -0.310 e. The molecule has 1 heterocycles.